The van der Waals surface area contributed by atoms with Gasteiger partial charge in [-0.25, -0.2) is 0 Å². The van der Waals surface area contributed by atoms with Crippen molar-refractivity contribution in [3.63, 3.8) is 0 Å². The summed E-state index contributed by atoms with van der Waals surface area (Å²) in [6.07, 6.45) is 4.89. The van der Waals surface area contributed by atoms with Crippen molar-refractivity contribution in [2.45, 2.75) is 33.1 Å². The normalized spacial score (nSPS) is 17.9. The second-order valence-electron chi connectivity index (χ2n) is 5.47. The van der Waals surface area contributed by atoms with Crippen LogP contribution in [-0.4, -0.2) is 12.5 Å². The molecule has 0 atom stereocenters. The van der Waals surface area contributed by atoms with Gasteiger partial charge in [0.05, 0.1) is 0 Å². The van der Waals surface area contributed by atoms with E-state index in [-0.39, 0.29) is 5.91 Å². The summed E-state index contributed by atoms with van der Waals surface area (Å²) < 4.78 is 0. The van der Waals surface area contributed by atoms with E-state index in [4.69, 9.17) is 11.6 Å². The first kappa shape index (κ1) is 13.4. The Morgan fingerprint density at radius 3 is 2.90 bits per heavy atom. The summed E-state index contributed by atoms with van der Waals surface area (Å²) in [5, 5.41) is 3.72. The maximum absolute atomic E-state index is 12.2. The number of rotatable bonds is 1. The van der Waals surface area contributed by atoms with Crippen LogP contribution in [0.4, 0.5) is 0 Å². The molecule has 1 N–H and O–H groups in total. The molecule has 2 nitrogen and oxygen atoms in total. The SMILES string of the molecule is CCc1cc(Cl)cc2c1C=C1CCNC(=O)C(=C2C)C1. The van der Waals surface area contributed by atoms with Gasteiger partial charge in [-0.15, -0.1) is 0 Å². The standard InChI is InChI=1S/C17H18ClNO/c1-3-12-8-13(18)9-14-10(2)15-6-11(7-16(12)14)4-5-19-17(15)20/h7-9H,3-6H2,1-2H3,(H,19,20). The molecular formula is C17H18ClNO. The van der Waals surface area contributed by atoms with E-state index in [9.17, 15) is 4.79 Å². The Morgan fingerprint density at radius 2 is 2.15 bits per heavy atom. The molecule has 104 valence electrons. The van der Waals surface area contributed by atoms with Crippen LogP contribution in [0.5, 0.6) is 0 Å². The summed E-state index contributed by atoms with van der Waals surface area (Å²) in [7, 11) is 0. The van der Waals surface area contributed by atoms with Gasteiger partial charge < -0.3 is 5.32 Å². The van der Waals surface area contributed by atoms with E-state index in [2.05, 4.69) is 18.3 Å². The lowest BCUT2D eigenvalue weighted by atomic mass is 9.93. The van der Waals surface area contributed by atoms with Gasteiger partial charge in [0.2, 0.25) is 5.91 Å². The van der Waals surface area contributed by atoms with Crippen molar-refractivity contribution in [1.82, 2.24) is 5.32 Å². The van der Waals surface area contributed by atoms with Gasteiger partial charge in [0.1, 0.15) is 0 Å². The van der Waals surface area contributed by atoms with Crippen LogP contribution in [0, 0.1) is 0 Å². The van der Waals surface area contributed by atoms with Crippen molar-refractivity contribution in [3.8, 4) is 0 Å². The molecule has 0 saturated carbocycles. The Morgan fingerprint density at radius 1 is 1.35 bits per heavy atom. The Labute approximate surface area is 124 Å². The lowest BCUT2D eigenvalue weighted by Crippen LogP contribution is -2.24. The minimum atomic E-state index is 0.0665. The van der Waals surface area contributed by atoms with E-state index >= 15 is 0 Å². The minimum Gasteiger partial charge on any atom is -0.352 e. The lowest BCUT2D eigenvalue weighted by molar-refractivity contribution is -0.117. The fraction of sp³-hybridized carbons (Fsp3) is 0.353. The van der Waals surface area contributed by atoms with Crippen LogP contribution in [0.2, 0.25) is 5.02 Å². The third-order valence-electron chi connectivity index (χ3n) is 4.23. The largest absolute Gasteiger partial charge is 0.352 e. The second kappa shape index (κ2) is 5.10. The summed E-state index contributed by atoms with van der Waals surface area (Å²) in [6.45, 7) is 4.90. The number of benzene rings is 1. The molecular weight excluding hydrogens is 270 g/mol. The maximum atomic E-state index is 12.2. The monoisotopic (exact) mass is 287 g/mol. The van der Waals surface area contributed by atoms with E-state index in [1.54, 1.807) is 0 Å². The molecule has 2 bridgehead atoms. The molecule has 2 aliphatic rings. The molecule has 3 rings (SSSR count). The number of carbonyl (C=O) groups excluding carboxylic acids is 1. The molecule has 20 heavy (non-hydrogen) atoms. The van der Waals surface area contributed by atoms with Gasteiger partial charge >= 0.3 is 0 Å². The van der Waals surface area contributed by atoms with Gasteiger partial charge in [0.25, 0.3) is 0 Å². The Bertz CT molecular complexity index is 655. The first-order chi connectivity index (χ1) is 9.60. The average molecular weight is 288 g/mol. The molecule has 1 aromatic rings. The Kier molecular flexibility index (Phi) is 3.43. The molecule has 1 aliphatic carbocycles. The molecule has 0 unspecified atom stereocenters. The van der Waals surface area contributed by atoms with Gasteiger partial charge in [-0.3, -0.25) is 4.79 Å². The molecule has 1 saturated heterocycles. The quantitative estimate of drug-likeness (QED) is 0.831. The van der Waals surface area contributed by atoms with E-state index in [1.165, 1.54) is 16.7 Å². The number of amides is 1. The molecule has 1 aliphatic heterocycles. The predicted octanol–water partition coefficient (Wildman–Crippen LogP) is 3.98. The maximum Gasteiger partial charge on any atom is 0.247 e. The van der Waals surface area contributed by atoms with E-state index in [0.29, 0.717) is 0 Å². The van der Waals surface area contributed by atoms with Crippen LogP contribution in [-0.2, 0) is 11.2 Å². The van der Waals surface area contributed by atoms with Crippen molar-refractivity contribution in [3.05, 3.63) is 45.0 Å². The fourth-order valence-electron chi connectivity index (χ4n) is 3.08. The van der Waals surface area contributed by atoms with Crippen LogP contribution in [0.1, 0.15) is 43.4 Å². The van der Waals surface area contributed by atoms with Gasteiger partial charge in [0, 0.05) is 17.1 Å². The topological polar surface area (TPSA) is 29.1 Å². The molecule has 1 fully saturated rings. The minimum absolute atomic E-state index is 0.0665. The number of halogens is 1. The van der Waals surface area contributed by atoms with Crippen LogP contribution in [0.25, 0.3) is 11.6 Å². The number of aryl methyl sites for hydroxylation is 1. The third kappa shape index (κ3) is 2.18. The first-order valence-electron chi connectivity index (χ1n) is 7.10. The number of hydrogen-bond acceptors (Lipinski definition) is 1. The Hall–Kier alpha value is -1.54. The van der Waals surface area contributed by atoms with Crippen LogP contribution in [0.15, 0.2) is 23.3 Å². The van der Waals surface area contributed by atoms with Crippen LogP contribution >= 0.6 is 11.6 Å². The zero-order chi connectivity index (χ0) is 14.3. The molecule has 0 spiro atoms. The Balaban J connectivity index is 2.32. The van der Waals surface area contributed by atoms with Crippen LogP contribution in [0.3, 0.4) is 0 Å². The number of nitrogens with one attached hydrogen (secondary N) is 1. The number of allylic oxidation sites excluding steroid dienone is 1. The highest BCUT2D eigenvalue weighted by Crippen LogP contribution is 2.37. The predicted molar refractivity (Wildman–Crippen MR) is 83.6 cm³/mol. The average Bonchev–Trinajstić information content (AvgIpc) is 2.68. The summed E-state index contributed by atoms with van der Waals surface area (Å²) >= 11 is 6.25. The number of hydrogen-bond donors (Lipinski definition) is 1. The van der Waals surface area contributed by atoms with E-state index in [1.807, 2.05) is 19.1 Å². The summed E-state index contributed by atoms with van der Waals surface area (Å²) in [4.78, 5) is 12.2. The molecule has 1 amide bonds. The molecule has 0 radical (unpaired) electrons. The second-order valence-corrected chi connectivity index (χ2v) is 5.90. The van der Waals surface area contributed by atoms with Crippen molar-refractivity contribution in [1.29, 1.82) is 0 Å². The number of carbonyl (C=O) groups is 1. The zero-order valence-electron chi connectivity index (χ0n) is 11.8. The third-order valence-corrected chi connectivity index (χ3v) is 4.44. The molecule has 0 aromatic heterocycles. The number of fused-ring (bicyclic) bond motifs is 3. The van der Waals surface area contributed by atoms with E-state index < -0.39 is 0 Å². The van der Waals surface area contributed by atoms with Gasteiger partial charge in [0.15, 0.2) is 0 Å². The zero-order valence-corrected chi connectivity index (χ0v) is 12.6. The highest BCUT2D eigenvalue weighted by Gasteiger charge is 2.24. The summed E-state index contributed by atoms with van der Waals surface area (Å²) in [5.41, 5.74) is 6.88. The van der Waals surface area contributed by atoms with Crippen LogP contribution < -0.4 is 5.32 Å². The smallest absolute Gasteiger partial charge is 0.247 e. The first-order valence-corrected chi connectivity index (χ1v) is 7.48. The molecule has 3 heteroatoms. The highest BCUT2D eigenvalue weighted by molar-refractivity contribution is 6.31. The molecule has 1 aromatic carbocycles. The van der Waals surface area contributed by atoms with Crippen molar-refractivity contribution >= 4 is 29.2 Å². The fourth-order valence-corrected chi connectivity index (χ4v) is 3.32. The van der Waals surface area contributed by atoms with Crippen molar-refractivity contribution in [2.75, 3.05) is 6.54 Å². The lowest BCUT2D eigenvalue weighted by Gasteiger charge is -2.14. The summed E-state index contributed by atoms with van der Waals surface area (Å²) in [5.74, 6) is 0.0665. The van der Waals surface area contributed by atoms with E-state index in [0.717, 1.165) is 47.5 Å². The van der Waals surface area contributed by atoms with Gasteiger partial charge in [-0.2, -0.15) is 0 Å². The van der Waals surface area contributed by atoms with Crippen molar-refractivity contribution < 1.29 is 4.79 Å². The van der Waals surface area contributed by atoms with Crippen molar-refractivity contribution in [2.24, 2.45) is 0 Å². The molecule has 1 heterocycles. The summed E-state index contributed by atoms with van der Waals surface area (Å²) in [6, 6.07) is 4.03. The van der Waals surface area contributed by atoms with Gasteiger partial charge in [-0.1, -0.05) is 30.2 Å². The van der Waals surface area contributed by atoms with Gasteiger partial charge in [-0.05, 0) is 60.6 Å². The highest BCUT2D eigenvalue weighted by atomic mass is 35.5.